The summed E-state index contributed by atoms with van der Waals surface area (Å²) in [6.45, 7) is 0.210. The monoisotopic (exact) mass is 319 g/mol. The summed E-state index contributed by atoms with van der Waals surface area (Å²) < 4.78 is 20.0. The Morgan fingerprint density at radius 2 is 2.00 bits per heavy atom. The molecule has 1 N–H and O–H groups in total. The molecule has 2 nitrogen and oxygen atoms in total. The zero-order valence-corrected chi connectivity index (χ0v) is 11.6. The number of rotatable bonds is 3. The van der Waals surface area contributed by atoms with E-state index in [1.165, 1.54) is 6.07 Å². The van der Waals surface area contributed by atoms with Crippen LogP contribution in [0.3, 0.4) is 0 Å². The fourth-order valence-electron chi connectivity index (χ4n) is 1.94. The third kappa shape index (κ3) is 2.63. The Kier molecular flexibility index (Phi) is 3.25. The normalized spacial score (nSPS) is 10.8. The van der Waals surface area contributed by atoms with Gasteiger partial charge in [0.15, 0.2) is 0 Å². The molecule has 96 valence electrons. The largest absolute Gasteiger partial charge is 0.489 e. The summed E-state index contributed by atoms with van der Waals surface area (Å²) in [6, 6.07) is 12.5. The standard InChI is InChI=1S/C15H11BrFNO/c16-12-1-3-14(17)11(7-12)9-19-13-2-4-15-10(8-13)5-6-18-15/h1-8,18H,9H2. The summed E-state index contributed by atoms with van der Waals surface area (Å²) in [5, 5.41) is 1.08. The highest BCUT2D eigenvalue weighted by atomic mass is 79.9. The molecule has 0 bridgehead atoms. The Balaban J connectivity index is 1.79. The molecule has 0 aliphatic heterocycles. The number of hydrogen-bond acceptors (Lipinski definition) is 1. The molecule has 0 unspecified atom stereocenters. The van der Waals surface area contributed by atoms with E-state index in [0.29, 0.717) is 5.56 Å². The number of H-pyrrole nitrogens is 1. The number of nitrogens with one attached hydrogen (secondary N) is 1. The topological polar surface area (TPSA) is 25.0 Å². The fourth-order valence-corrected chi connectivity index (χ4v) is 2.34. The zero-order chi connectivity index (χ0) is 13.2. The Hall–Kier alpha value is -1.81. The molecule has 19 heavy (non-hydrogen) atoms. The number of aromatic nitrogens is 1. The number of halogens is 2. The van der Waals surface area contributed by atoms with Crippen molar-refractivity contribution in [3.8, 4) is 5.75 Å². The predicted molar refractivity (Wildman–Crippen MR) is 76.7 cm³/mol. The van der Waals surface area contributed by atoms with E-state index in [2.05, 4.69) is 20.9 Å². The van der Waals surface area contributed by atoms with Crippen molar-refractivity contribution in [2.24, 2.45) is 0 Å². The van der Waals surface area contributed by atoms with E-state index >= 15 is 0 Å². The molecule has 0 atom stereocenters. The molecule has 0 aliphatic carbocycles. The van der Waals surface area contributed by atoms with E-state index in [-0.39, 0.29) is 12.4 Å². The van der Waals surface area contributed by atoms with E-state index in [0.717, 1.165) is 21.1 Å². The lowest BCUT2D eigenvalue weighted by Crippen LogP contribution is -1.98. The van der Waals surface area contributed by atoms with Crippen molar-refractivity contribution >= 4 is 26.8 Å². The summed E-state index contributed by atoms with van der Waals surface area (Å²) in [5.74, 6) is 0.470. The summed E-state index contributed by atoms with van der Waals surface area (Å²) in [7, 11) is 0. The molecule has 0 aliphatic rings. The maximum absolute atomic E-state index is 13.6. The van der Waals surface area contributed by atoms with Crippen molar-refractivity contribution in [3.05, 3.63) is 64.5 Å². The first kappa shape index (κ1) is 12.2. The van der Waals surface area contributed by atoms with Crippen molar-refractivity contribution in [1.29, 1.82) is 0 Å². The van der Waals surface area contributed by atoms with Gasteiger partial charge in [0.25, 0.3) is 0 Å². The zero-order valence-electron chi connectivity index (χ0n) is 9.99. The first-order valence-electron chi connectivity index (χ1n) is 5.86. The molecule has 3 rings (SSSR count). The average molecular weight is 320 g/mol. The SMILES string of the molecule is Fc1ccc(Br)cc1COc1ccc2[nH]ccc2c1. The highest BCUT2D eigenvalue weighted by molar-refractivity contribution is 9.10. The molecule has 0 spiro atoms. The van der Waals surface area contributed by atoms with Gasteiger partial charge in [-0.25, -0.2) is 4.39 Å². The maximum atomic E-state index is 13.6. The van der Waals surface area contributed by atoms with E-state index in [4.69, 9.17) is 4.74 Å². The first-order chi connectivity index (χ1) is 9.22. The second-order valence-electron chi connectivity index (χ2n) is 4.25. The van der Waals surface area contributed by atoms with E-state index in [9.17, 15) is 4.39 Å². The molecule has 0 saturated carbocycles. The first-order valence-corrected chi connectivity index (χ1v) is 6.65. The van der Waals surface area contributed by atoms with Crippen molar-refractivity contribution in [2.45, 2.75) is 6.61 Å². The summed E-state index contributed by atoms with van der Waals surface area (Å²) in [5.41, 5.74) is 1.59. The lowest BCUT2D eigenvalue weighted by Gasteiger charge is -2.07. The van der Waals surface area contributed by atoms with Gasteiger partial charge in [-0.1, -0.05) is 15.9 Å². The quantitative estimate of drug-likeness (QED) is 0.747. The smallest absolute Gasteiger partial charge is 0.129 e. The maximum Gasteiger partial charge on any atom is 0.129 e. The van der Waals surface area contributed by atoms with Crippen LogP contribution in [-0.2, 0) is 6.61 Å². The Morgan fingerprint density at radius 1 is 1.11 bits per heavy atom. The van der Waals surface area contributed by atoms with Crippen LogP contribution in [0, 0.1) is 5.82 Å². The van der Waals surface area contributed by atoms with Gasteiger partial charge < -0.3 is 9.72 Å². The van der Waals surface area contributed by atoms with Gasteiger partial charge in [-0.05, 0) is 42.5 Å². The molecule has 4 heteroatoms. The minimum Gasteiger partial charge on any atom is -0.489 e. The van der Waals surface area contributed by atoms with Gasteiger partial charge >= 0.3 is 0 Å². The van der Waals surface area contributed by atoms with Crippen LogP contribution in [0.2, 0.25) is 0 Å². The Bertz CT molecular complexity index is 723. The lowest BCUT2D eigenvalue weighted by atomic mass is 10.2. The molecular formula is C15H11BrFNO. The molecule has 0 fully saturated rings. The van der Waals surface area contributed by atoms with Crippen LogP contribution in [0.1, 0.15) is 5.56 Å². The van der Waals surface area contributed by atoms with Gasteiger partial charge in [-0.2, -0.15) is 0 Å². The van der Waals surface area contributed by atoms with Gasteiger partial charge in [-0.3, -0.25) is 0 Å². The van der Waals surface area contributed by atoms with E-state index in [1.54, 1.807) is 12.1 Å². The second kappa shape index (κ2) is 5.05. The van der Waals surface area contributed by atoms with Crippen molar-refractivity contribution < 1.29 is 9.13 Å². The molecule has 0 radical (unpaired) electrons. The van der Waals surface area contributed by atoms with E-state index in [1.807, 2.05) is 30.5 Å². The summed E-state index contributed by atoms with van der Waals surface area (Å²) >= 11 is 3.32. The van der Waals surface area contributed by atoms with Crippen LogP contribution in [0.5, 0.6) is 5.75 Å². The minimum absolute atomic E-state index is 0.210. The third-order valence-corrected chi connectivity index (χ3v) is 3.42. The lowest BCUT2D eigenvalue weighted by molar-refractivity contribution is 0.300. The predicted octanol–water partition coefficient (Wildman–Crippen LogP) is 4.65. The fraction of sp³-hybridized carbons (Fsp3) is 0.0667. The Morgan fingerprint density at radius 3 is 2.89 bits per heavy atom. The molecule has 2 aromatic carbocycles. The second-order valence-corrected chi connectivity index (χ2v) is 5.17. The van der Waals surface area contributed by atoms with Crippen LogP contribution >= 0.6 is 15.9 Å². The van der Waals surface area contributed by atoms with Gasteiger partial charge in [0.1, 0.15) is 18.2 Å². The van der Waals surface area contributed by atoms with Gasteiger partial charge in [0.2, 0.25) is 0 Å². The van der Waals surface area contributed by atoms with E-state index < -0.39 is 0 Å². The number of benzene rings is 2. The number of hydrogen-bond donors (Lipinski definition) is 1. The summed E-state index contributed by atoms with van der Waals surface area (Å²) in [6.07, 6.45) is 1.88. The highest BCUT2D eigenvalue weighted by Crippen LogP contribution is 2.22. The molecule has 0 amide bonds. The van der Waals surface area contributed by atoms with Gasteiger partial charge in [0.05, 0.1) is 0 Å². The van der Waals surface area contributed by atoms with Crippen molar-refractivity contribution in [2.75, 3.05) is 0 Å². The van der Waals surface area contributed by atoms with Crippen LogP contribution in [0.25, 0.3) is 10.9 Å². The number of aromatic amines is 1. The molecule has 3 aromatic rings. The summed E-state index contributed by atoms with van der Waals surface area (Å²) in [4.78, 5) is 3.12. The number of fused-ring (bicyclic) bond motifs is 1. The molecule has 0 saturated heterocycles. The van der Waals surface area contributed by atoms with Crippen LogP contribution < -0.4 is 4.74 Å². The van der Waals surface area contributed by atoms with Gasteiger partial charge in [0, 0.05) is 27.1 Å². The molecule has 1 aromatic heterocycles. The van der Waals surface area contributed by atoms with Gasteiger partial charge in [-0.15, -0.1) is 0 Å². The minimum atomic E-state index is -0.258. The van der Waals surface area contributed by atoms with Crippen molar-refractivity contribution in [3.63, 3.8) is 0 Å². The Labute approximate surface area is 118 Å². The van der Waals surface area contributed by atoms with Crippen molar-refractivity contribution in [1.82, 2.24) is 4.98 Å². The molecular weight excluding hydrogens is 309 g/mol. The average Bonchev–Trinajstić information content (AvgIpc) is 2.87. The van der Waals surface area contributed by atoms with Crippen LogP contribution in [0.4, 0.5) is 4.39 Å². The highest BCUT2D eigenvalue weighted by Gasteiger charge is 2.04. The third-order valence-electron chi connectivity index (χ3n) is 2.93. The van der Waals surface area contributed by atoms with Crippen LogP contribution in [-0.4, -0.2) is 4.98 Å². The number of ether oxygens (including phenoxy) is 1. The van der Waals surface area contributed by atoms with Crippen LogP contribution in [0.15, 0.2) is 53.1 Å². The molecule has 1 heterocycles.